The predicted molar refractivity (Wildman–Crippen MR) is 168 cm³/mol. The summed E-state index contributed by atoms with van der Waals surface area (Å²) < 4.78 is 5.10. The van der Waals surface area contributed by atoms with Gasteiger partial charge in [-0.3, -0.25) is 19.7 Å². The number of anilines is 2. The average Bonchev–Trinajstić information content (AvgIpc) is 3.19. The van der Waals surface area contributed by atoms with E-state index >= 15 is 0 Å². The Bertz CT molecular complexity index is 1670. The van der Waals surface area contributed by atoms with E-state index in [1.807, 2.05) is 36.4 Å². The average molecular weight is 616 g/mol. The van der Waals surface area contributed by atoms with Crippen LogP contribution in [0.4, 0.5) is 16.4 Å². The number of ether oxygens (including phenoxy) is 1. The van der Waals surface area contributed by atoms with Crippen LogP contribution in [-0.2, 0) is 22.4 Å². The molecule has 0 saturated carbocycles. The van der Waals surface area contributed by atoms with Gasteiger partial charge in [0, 0.05) is 33.2 Å². The number of nitrogens with one attached hydrogen (secondary N) is 2. The van der Waals surface area contributed by atoms with Crippen LogP contribution in [0, 0.1) is 10.1 Å². The fourth-order valence-electron chi connectivity index (χ4n) is 4.97. The number of aryl methyl sites for hydroxylation is 1. The molecule has 0 saturated heterocycles. The lowest BCUT2D eigenvalue weighted by Crippen LogP contribution is -2.20. The monoisotopic (exact) mass is 615 g/mol. The van der Waals surface area contributed by atoms with E-state index < -0.39 is 22.0 Å². The number of nitrogens with zero attached hydrogens (tertiary/aromatic N) is 1. The molecule has 1 aliphatic carbocycles. The molecule has 1 aliphatic rings. The molecule has 0 fully saturated rings. The van der Waals surface area contributed by atoms with Crippen molar-refractivity contribution in [3.05, 3.63) is 116 Å². The first-order valence-corrected chi connectivity index (χ1v) is 15.4. The SMILES string of the molecule is COC(=O)c1c(NC(=O)C(Sc2cccc(NC(=O)c3cccc([N+](=O)[O-])c3)c2)c2ccccc2)sc2c1CCCCC2. The highest BCUT2D eigenvalue weighted by Crippen LogP contribution is 2.41. The van der Waals surface area contributed by atoms with E-state index in [9.17, 15) is 24.5 Å². The van der Waals surface area contributed by atoms with Gasteiger partial charge in [0.2, 0.25) is 5.91 Å². The Morgan fingerprint density at radius 2 is 1.70 bits per heavy atom. The Hall–Kier alpha value is -4.48. The maximum Gasteiger partial charge on any atom is 0.341 e. The molecule has 9 nitrogen and oxygen atoms in total. The van der Waals surface area contributed by atoms with E-state index in [4.69, 9.17) is 4.74 Å². The van der Waals surface area contributed by atoms with Gasteiger partial charge in [0.05, 0.1) is 17.6 Å². The Labute approximate surface area is 256 Å². The number of nitro groups is 1. The lowest BCUT2D eigenvalue weighted by molar-refractivity contribution is -0.384. The van der Waals surface area contributed by atoms with Crippen molar-refractivity contribution in [1.29, 1.82) is 0 Å². The van der Waals surface area contributed by atoms with Crippen molar-refractivity contribution < 1.29 is 24.0 Å². The molecule has 1 unspecified atom stereocenters. The fourth-order valence-corrected chi connectivity index (χ4v) is 7.34. The molecule has 43 heavy (non-hydrogen) atoms. The summed E-state index contributed by atoms with van der Waals surface area (Å²) in [7, 11) is 1.35. The predicted octanol–water partition coefficient (Wildman–Crippen LogP) is 7.44. The molecule has 2 amide bonds. The van der Waals surface area contributed by atoms with Crippen LogP contribution in [0.5, 0.6) is 0 Å². The highest BCUT2D eigenvalue weighted by Gasteiger charge is 2.29. The molecule has 2 N–H and O–H groups in total. The van der Waals surface area contributed by atoms with Crippen LogP contribution in [0.25, 0.3) is 0 Å². The minimum absolute atomic E-state index is 0.157. The van der Waals surface area contributed by atoms with E-state index in [0.29, 0.717) is 16.3 Å². The molecule has 1 aromatic heterocycles. The van der Waals surface area contributed by atoms with Crippen LogP contribution in [0.1, 0.15) is 61.2 Å². The molecule has 0 spiro atoms. The van der Waals surface area contributed by atoms with E-state index in [1.165, 1.54) is 54.5 Å². The maximum atomic E-state index is 13.9. The summed E-state index contributed by atoms with van der Waals surface area (Å²) in [6.07, 6.45) is 4.76. The van der Waals surface area contributed by atoms with Crippen molar-refractivity contribution >= 4 is 57.3 Å². The number of esters is 1. The Morgan fingerprint density at radius 3 is 2.47 bits per heavy atom. The number of non-ortho nitro benzene ring substituents is 1. The third kappa shape index (κ3) is 7.12. The molecule has 1 atom stereocenters. The summed E-state index contributed by atoms with van der Waals surface area (Å²) in [6, 6.07) is 21.9. The minimum Gasteiger partial charge on any atom is -0.465 e. The number of rotatable bonds is 9. The van der Waals surface area contributed by atoms with Crippen molar-refractivity contribution in [3.63, 3.8) is 0 Å². The van der Waals surface area contributed by atoms with Gasteiger partial charge in [-0.05, 0) is 61.1 Å². The summed E-state index contributed by atoms with van der Waals surface area (Å²) in [6.45, 7) is 0. The van der Waals surface area contributed by atoms with E-state index in [2.05, 4.69) is 10.6 Å². The van der Waals surface area contributed by atoms with Gasteiger partial charge in [-0.1, -0.05) is 48.9 Å². The molecule has 0 aliphatic heterocycles. The first kappa shape index (κ1) is 30.0. The van der Waals surface area contributed by atoms with E-state index in [-0.39, 0.29) is 17.2 Å². The number of thiophene rings is 1. The smallest absolute Gasteiger partial charge is 0.341 e. The topological polar surface area (TPSA) is 128 Å². The molecule has 3 aromatic carbocycles. The minimum atomic E-state index is -0.670. The van der Waals surface area contributed by atoms with Crippen LogP contribution < -0.4 is 10.6 Å². The Balaban J connectivity index is 1.39. The zero-order chi connectivity index (χ0) is 30.3. The number of thioether (sulfide) groups is 1. The zero-order valence-electron chi connectivity index (χ0n) is 23.3. The normalized spacial score (nSPS) is 13.2. The van der Waals surface area contributed by atoms with Gasteiger partial charge < -0.3 is 15.4 Å². The van der Waals surface area contributed by atoms with Gasteiger partial charge in [-0.25, -0.2) is 4.79 Å². The summed E-state index contributed by atoms with van der Waals surface area (Å²) >= 11 is 2.75. The van der Waals surface area contributed by atoms with Crippen LogP contribution in [0.15, 0.2) is 83.8 Å². The second kappa shape index (κ2) is 13.7. The van der Waals surface area contributed by atoms with Crippen LogP contribution in [0.2, 0.25) is 0 Å². The highest BCUT2D eigenvalue weighted by atomic mass is 32.2. The second-order valence-corrected chi connectivity index (χ2v) is 12.2. The van der Waals surface area contributed by atoms with Crippen LogP contribution >= 0.6 is 23.1 Å². The first-order valence-electron chi connectivity index (χ1n) is 13.7. The molecule has 11 heteroatoms. The third-order valence-electron chi connectivity index (χ3n) is 7.05. The summed E-state index contributed by atoms with van der Waals surface area (Å²) in [5.41, 5.74) is 2.65. The first-order chi connectivity index (χ1) is 20.8. The molecule has 1 heterocycles. The molecular formula is C32H29N3O6S2. The molecule has 0 radical (unpaired) electrons. The number of hydrogen-bond acceptors (Lipinski definition) is 8. The van der Waals surface area contributed by atoms with Crippen LogP contribution in [-0.4, -0.2) is 29.8 Å². The number of nitro benzene ring substituents is 1. The number of fused-ring (bicyclic) bond motifs is 1. The summed E-state index contributed by atoms with van der Waals surface area (Å²) in [5, 5.41) is 16.8. The van der Waals surface area contributed by atoms with Crippen LogP contribution in [0.3, 0.4) is 0 Å². The number of methoxy groups -OCH3 is 1. The number of hydrogen-bond donors (Lipinski definition) is 2. The molecule has 5 rings (SSSR count). The van der Waals surface area contributed by atoms with Crippen molar-refractivity contribution in [1.82, 2.24) is 0 Å². The van der Waals surface area contributed by atoms with Gasteiger partial charge in [-0.15, -0.1) is 23.1 Å². The number of carbonyl (C=O) groups excluding carboxylic acids is 3. The third-order valence-corrected chi connectivity index (χ3v) is 9.51. The van der Waals surface area contributed by atoms with Gasteiger partial charge >= 0.3 is 5.97 Å². The molecular weight excluding hydrogens is 587 g/mol. The quantitative estimate of drug-likeness (QED) is 0.0659. The standard InChI is InChI=1S/C32H29N3O6S2/c1-41-32(38)27-25-16-6-3-7-17-26(25)43-31(27)34-30(37)28(20-10-4-2-5-11-20)42-24-15-9-13-22(19-24)33-29(36)21-12-8-14-23(18-21)35(39)40/h2,4-5,8-15,18-19,28H,3,6-7,16-17H2,1H3,(H,33,36)(H,34,37). The number of benzene rings is 3. The zero-order valence-corrected chi connectivity index (χ0v) is 25.0. The largest absolute Gasteiger partial charge is 0.465 e. The van der Waals surface area contributed by atoms with E-state index in [1.54, 1.807) is 18.2 Å². The molecule has 0 bridgehead atoms. The highest BCUT2D eigenvalue weighted by molar-refractivity contribution is 8.00. The van der Waals surface area contributed by atoms with Crippen molar-refractivity contribution in [3.8, 4) is 0 Å². The lowest BCUT2D eigenvalue weighted by Gasteiger charge is -2.18. The van der Waals surface area contributed by atoms with Gasteiger partial charge in [0.15, 0.2) is 0 Å². The lowest BCUT2D eigenvalue weighted by atomic mass is 10.1. The molecule has 4 aromatic rings. The summed E-state index contributed by atoms with van der Waals surface area (Å²) in [4.78, 5) is 52.0. The van der Waals surface area contributed by atoms with E-state index in [0.717, 1.165) is 53.0 Å². The maximum absolute atomic E-state index is 13.9. The van der Waals surface area contributed by atoms with Crippen molar-refractivity contribution in [2.24, 2.45) is 0 Å². The Kier molecular flexibility index (Phi) is 9.53. The summed E-state index contributed by atoms with van der Waals surface area (Å²) in [5.74, 6) is -1.23. The number of carbonyl (C=O) groups is 3. The van der Waals surface area contributed by atoms with Gasteiger partial charge in [0.1, 0.15) is 10.3 Å². The number of amides is 2. The second-order valence-electron chi connectivity index (χ2n) is 9.95. The van der Waals surface area contributed by atoms with Gasteiger partial charge in [0.25, 0.3) is 11.6 Å². The van der Waals surface area contributed by atoms with Crippen molar-refractivity contribution in [2.45, 2.75) is 42.2 Å². The fraction of sp³-hybridized carbons (Fsp3) is 0.219. The van der Waals surface area contributed by atoms with Crippen molar-refractivity contribution in [2.75, 3.05) is 17.7 Å². The van der Waals surface area contributed by atoms with Gasteiger partial charge in [-0.2, -0.15) is 0 Å². The Morgan fingerprint density at radius 1 is 0.930 bits per heavy atom. The molecule has 220 valence electrons.